The van der Waals surface area contributed by atoms with E-state index in [4.69, 9.17) is 4.74 Å². The van der Waals surface area contributed by atoms with E-state index in [1.54, 1.807) is 36.3 Å². The fourth-order valence-electron chi connectivity index (χ4n) is 3.46. The number of carbonyl (C=O) groups is 1. The van der Waals surface area contributed by atoms with Crippen molar-refractivity contribution in [1.82, 2.24) is 9.21 Å². The number of urea groups is 1. The average molecular weight is 358 g/mol. The summed E-state index contributed by atoms with van der Waals surface area (Å²) in [5.41, 5.74) is 2.69. The molecule has 2 aliphatic heterocycles. The predicted molar refractivity (Wildman–Crippen MR) is 92.4 cm³/mol. The maximum absolute atomic E-state index is 12.9. The molecule has 0 aliphatic carbocycles. The van der Waals surface area contributed by atoms with Gasteiger partial charge in [0.15, 0.2) is 0 Å². The van der Waals surface area contributed by atoms with Gasteiger partial charge in [-0.05, 0) is 28.8 Å². The van der Waals surface area contributed by atoms with Gasteiger partial charge in [-0.2, -0.15) is 0 Å². The fourth-order valence-corrected chi connectivity index (χ4v) is 5.09. The molecule has 0 saturated carbocycles. The Morgan fingerprint density at radius 1 is 1.12 bits per heavy atom. The summed E-state index contributed by atoms with van der Waals surface area (Å²) >= 11 is 0. The van der Waals surface area contributed by atoms with Crippen LogP contribution in [-0.2, 0) is 23.1 Å². The highest BCUT2D eigenvalue weighted by atomic mass is 32.2. The van der Waals surface area contributed by atoms with E-state index in [2.05, 4.69) is 0 Å². The molecule has 2 aliphatic rings. The maximum Gasteiger partial charge on any atom is 0.334 e. The summed E-state index contributed by atoms with van der Waals surface area (Å²) in [4.78, 5) is 14.5. The molecule has 130 valence electrons. The van der Waals surface area contributed by atoms with Gasteiger partial charge in [-0.3, -0.25) is 0 Å². The van der Waals surface area contributed by atoms with Gasteiger partial charge in [-0.25, -0.2) is 17.5 Å². The second-order valence-corrected chi connectivity index (χ2v) is 8.20. The van der Waals surface area contributed by atoms with Crippen LogP contribution in [0.5, 0.6) is 5.75 Å². The van der Waals surface area contributed by atoms with Crippen LogP contribution in [0.2, 0.25) is 0 Å². The van der Waals surface area contributed by atoms with Crippen LogP contribution in [0, 0.1) is 0 Å². The molecule has 1 atom stereocenters. The van der Waals surface area contributed by atoms with E-state index in [-0.39, 0.29) is 18.3 Å². The lowest BCUT2D eigenvalue weighted by atomic mass is 10.1. The summed E-state index contributed by atoms with van der Waals surface area (Å²) < 4.78 is 31.5. The summed E-state index contributed by atoms with van der Waals surface area (Å²) in [6, 6.07) is 13.8. The lowest BCUT2D eigenvalue weighted by Gasteiger charge is -2.37. The molecule has 7 heteroatoms. The standard InChI is InChI=1S/C18H18N2O4S/c1-24-15-8-6-13(7-9-15)10-20-18(21)19-11-14-4-2-3-5-16(14)17(19)12-25(20,22)23/h2-9,17H,10-12H2,1H3. The minimum absolute atomic E-state index is 0.0325. The highest BCUT2D eigenvalue weighted by molar-refractivity contribution is 7.89. The first-order valence-corrected chi connectivity index (χ1v) is 9.62. The zero-order valence-electron chi connectivity index (χ0n) is 13.8. The van der Waals surface area contributed by atoms with E-state index >= 15 is 0 Å². The number of hydrogen-bond donors (Lipinski definition) is 0. The molecule has 2 amide bonds. The lowest BCUT2D eigenvalue weighted by Crippen LogP contribution is -2.52. The van der Waals surface area contributed by atoms with Gasteiger partial charge in [0.25, 0.3) is 0 Å². The first-order valence-electron chi connectivity index (χ1n) is 8.01. The second kappa shape index (κ2) is 5.77. The van der Waals surface area contributed by atoms with Crippen LogP contribution in [-0.4, -0.2) is 36.5 Å². The monoisotopic (exact) mass is 358 g/mol. The topological polar surface area (TPSA) is 66.9 Å². The van der Waals surface area contributed by atoms with Crippen molar-refractivity contribution in [2.45, 2.75) is 19.1 Å². The smallest absolute Gasteiger partial charge is 0.334 e. The molecule has 0 N–H and O–H groups in total. The molecule has 1 unspecified atom stereocenters. The first-order chi connectivity index (χ1) is 12.0. The van der Waals surface area contributed by atoms with Gasteiger partial charge in [0.1, 0.15) is 5.75 Å². The van der Waals surface area contributed by atoms with Crippen molar-refractivity contribution < 1.29 is 17.9 Å². The molecule has 0 aromatic heterocycles. The predicted octanol–water partition coefficient (Wildman–Crippen LogP) is 2.52. The summed E-state index contributed by atoms with van der Waals surface area (Å²) in [5.74, 6) is 0.609. The Hall–Kier alpha value is -2.54. The summed E-state index contributed by atoms with van der Waals surface area (Å²) in [7, 11) is -2.10. The molecule has 0 bridgehead atoms. The van der Waals surface area contributed by atoms with Gasteiger partial charge >= 0.3 is 6.03 Å². The van der Waals surface area contributed by atoms with Gasteiger partial charge in [0.05, 0.1) is 25.4 Å². The quantitative estimate of drug-likeness (QED) is 0.846. The van der Waals surface area contributed by atoms with Gasteiger partial charge in [-0.1, -0.05) is 36.4 Å². The maximum atomic E-state index is 12.9. The fraction of sp³-hybridized carbons (Fsp3) is 0.278. The summed E-state index contributed by atoms with van der Waals surface area (Å²) in [6.07, 6.45) is 0. The zero-order valence-corrected chi connectivity index (χ0v) is 14.6. The van der Waals surface area contributed by atoms with Crippen molar-refractivity contribution in [2.24, 2.45) is 0 Å². The first kappa shape index (κ1) is 16.0. The number of sulfonamides is 1. The van der Waals surface area contributed by atoms with Crippen LogP contribution < -0.4 is 4.74 Å². The molecule has 1 fully saturated rings. The molecular formula is C18H18N2O4S. The van der Waals surface area contributed by atoms with Crippen molar-refractivity contribution in [1.29, 1.82) is 0 Å². The number of ether oxygens (including phenoxy) is 1. The van der Waals surface area contributed by atoms with Crippen LogP contribution in [0.25, 0.3) is 0 Å². The van der Waals surface area contributed by atoms with Crippen LogP contribution in [0.1, 0.15) is 22.7 Å². The van der Waals surface area contributed by atoms with Gasteiger partial charge in [0.2, 0.25) is 10.0 Å². The Morgan fingerprint density at radius 2 is 1.84 bits per heavy atom. The number of methoxy groups -OCH3 is 1. The Labute approximate surface area is 146 Å². The van der Waals surface area contributed by atoms with E-state index < -0.39 is 16.1 Å². The molecule has 2 aromatic carbocycles. The largest absolute Gasteiger partial charge is 0.497 e. The van der Waals surface area contributed by atoms with Gasteiger partial charge < -0.3 is 9.64 Å². The number of amides is 2. The number of nitrogens with zero attached hydrogens (tertiary/aromatic N) is 2. The zero-order chi connectivity index (χ0) is 17.6. The molecular weight excluding hydrogens is 340 g/mol. The summed E-state index contributed by atoms with van der Waals surface area (Å²) in [6.45, 7) is 0.485. The number of hydrogen-bond acceptors (Lipinski definition) is 4. The highest BCUT2D eigenvalue weighted by Crippen LogP contribution is 2.39. The van der Waals surface area contributed by atoms with Crippen molar-refractivity contribution in [3.05, 3.63) is 65.2 Å². The van der Waals surface area contributed by atoms with Crippen molar-refractivity contribution in [3.63, 3.8) is 0 Å². The molecule has 0 spiro atoms. The van der Waals surface area contributed by atoms with Crippen molar-refractivity contribution >= 4 is 16.1 Å². The van der Waals surface area contributed by atoms with E-state index in [0.717, 1.165) is 21.0 Å². The third kappa shape index (κ3) is 2.64. The Morgan fingerprint density at radius 3 is 2.56 bits per heavy atom. The van der Waals surface area contributed by atoms with E-state index in [0.29, 0.717) is 12.3 Å². The normalized spacial score (nSPS) is 21.0. The Kier molecular flexibility index (Phi) is 3.68. The SMILES string of the molecule is COc1ccc(CN2C(=O)N3Cc4ccccc4C3CS2(=O)=O)cc1. The molecule has 6 nitrogen and oxygen atoms in total. The summed E-state index contributed by atoms with van der Waals surface area (Å²) in [5, 5.41) is 0. The van der Waals surface area contributed by atoms with Crippen LogP contribution in [0.15, 0.2) is 48.5 Å². The lowest BCUT2D eigenvalue weighted by molar-refractivity contribution is 0.155. The van der Waals surface area contributed by atoms with E-state index in [1.165, 1.54) is 0 Å². The minimum atomic E-state index is -3.67. The molecule has 25 heavy (non-hydrogen) atoms. The minimum Gasteiger partial charge on any atom is -0.497 e. The van der Waals surface area contributed by atoms with E-state index in [9.17, 15) is 13.2 Å². The molecule has 4 rings (SSSR count). The van der Waals surface area contributed by atoms with Crippen LogP contribution in [0.3, 0.4) is 0 Å². The van der Waals surface area contributed by atoms with Gasteiger partial charge in [0, 0.05) is 6.54 Å². The Bertz CT molecular complexity index is 924. The number of carbonyl (C=O) groups excluding carboxylic acids is 1. The number of fused-ring (bicyclic) bond motifs is 3. The van der Waals surface area contributed by atoms with E-state index in [1.807, 2.05) is 24.3 Å². The highest BCUT2D eigenvalue weighted by Gasteiger charge is 2.46. The third-order valence-electron chi connectivity index (χ3n) is 4.78. The molecule has 2 heterocycles. The molecule has 2 aromatic rings. The van der Waals surface area contributed by atoms with Crippen molar-refractivity contribution in [3.8, 4) is 5.75 Å². The van der Waals surface area contributed by atoms with Gasteiger partial charge in [-0.15, -0.1) is 0 Å². The second-order valence-electron chi connectivity index (χ2n) is 6.26. The Balaban J connectivity index is 1.63. The number of rotatable bonds is 3. The van der Waals surface area contributed by atoms with Crippen molar-refractivity contribution in [2.75, 3.05) is 12.9 Å². The van der Waals surface area contributed by atoms with Crippen LogP contribution >= 0.6 is 0 Å². The third-order valence-corrected chi connectivity index (χ3v) is 6.47. The average Bonchev–Trinajstić information content (AvgIpc) is 2.97. The molecule has 1 saturated heterocycles. The molecule has 0 radical (unpaired) electrons. The number of benzene rings is 2. The van der Waals surface area contributed by atoms with Crippen LogP contribution in [0.4, 0.5) is 4.79 Å².